The average Bonchev–Trinajstić information content (AvgIpc) is 3.01. The van der Waals surface area contributed by atoms with Crippen LogP contribution in [0.3, 0.4) is 0 Å². The third kappa shape index (κ3) is 5.33. The number of carbonyl (C=O) groups excluding carboxylic acids is 1. The first kappa shape index (κ1) is 20.0. The monoisotopic (exact) mass is 360 g/mol. The Morgan fingerprint density at radius 1 is 1.31 bits per heavy atom. The Labute approximate surface area is 153 Å². The number of hydrogen-bond acceptors (Lipinski definition) is 4. The van der Waals surface area contributed by atoms with Gasteiger partial charge in [-0.25, -0.2) is 0 Å². The summed E-state index contributed by atoms with van der Waals surface area (Å²) in [5, 5.41) is 10.1. The highest BCUT2D eigenvalue weighted by Gasteiger charge is 2.27. The number of aromatic amines is 1. The molecule has 0 saturated carbocycles. The summed E-state index contributed by atoms with van der Waals surface area (Å²) in [6.45, 7) is 3.99. The standard InChI is InChI=1S/C20H28N2O4/c1-3-4-7-13(2)18(11-19(23)24)26-20(25)16(21)10-14-12-22-17-9-6-5-8-15(14)17/h5-6,8-9,12-13,16,18,22H,3-4,7,10-11,21H2,1-2H3,(H,23,24)/t13-,16-,18-/m0/s1. The van der Waals surface area contributed by atoms with E-state index in [1.54, 1.807) is 0 Å². The summed E-state index contributed by atoms with van der Waals surface area (Å²) in [6.07, 6.45) is 4.13. The van der Waals surface area contributed by atoms with Gasteiger partial charge in [0.05, 0.1) is 6.42 Å². The zero-order valence-electron chi connectivity index (χ0n) is 15.4. The van der Waals surface area contributed by atoms with E-state index in [0.29, 0.717) is 6.42 Å². The number of carboxylic acids is 1. The van der Waals surface area contributed by atoms with Gasteiger partial charge in [-0.1, -0.05) is 44.9 Å². The molecule has 0 spiro atoms. The Morgan fingerprint density at radius 2 is 2.04 bits per heavy atom. The summed E-state index contributed by atoms with van der Waals surface area (Å²) in [4.78, 5) is 26.7. The number of H-pyrrole nitrogens is 1. The fraction of sp³-hybridized carbons (Fsp3) is 0.500. The largest absolute Gasteiger partial charge is 0.481 e. The number of aliphatic carboxylic acids is 1. The molecule has 2 aromatic rings. The van der Waals surface area contributed by atoms with Gasteiger partial charge in [-0.15, -0.1) is 0 Å². The molecule has 0 aliphatic rings. The van der Waals surface area contributed by atoms with Gasteiger partial charge in [-0.2, -0.15) is 0 Å². The van der Waals surface area contributed by atoms with Crippen molar-refractivity contribution in [3.8, 4) is 0 Å². The maximum atomic E-state index is 12.4. The maximum absolute atomic E-state index is 12.4. The van der Waals surface area contributed by atoms with Crippen molar-refractivity contribution in [3.63, 3.8) is 0 Å². The molecule has 0 bridgehead atoms. The molecule has 0 unspecified atom stereocenters. The van der Waals surface area contributed by atoms with Gasteiger partial charge in [-0.3, -0.25) is 9.59 Å². The van der Waals surface area contributed by atoms with E-state index in [1.165, 1.54) is 0 Å². The number of unbranched alkanes of at least 4 members (excludes halogenated alkanes) is 1. The number of ether oxygens (including phenoxy) is 1. The SMILES string of the molecule is CCCC[C@H](C)[C@H](CC(=O)O)OC(=O)[C@@H](N)Cc1c[nH]c2ccccc12. The van der Waals surface area contributed by atoms with Crippen molar-refractivity contribution in [2.45, 2.75) is 58.1 Å². The van der Waals surface area contributed by atoms with Crippen LogP contribution in [0.2, 0.25) is 0 Å². The highest BCUT2D eigenvalue weighted by atomic mass is 16.5. The number of esters is 1. The molecule has 6 heteroatoms. The van der Waals surface area contributed by atoms with Gasteiger partial charge in [0.2, 0.25) is 0 Å². The Hall–Kier alpha value is -2.34. The number of nitrogens with one attached hydrogen (secondary N) is 1. The maximum Gasteiger partial charge on any atom is 0.323 e. The van der Waals surface area contributed by atoms with Crippen LogP contribution in [-0.2, 0) is 20.7 Å². The van der Waals surface area contributed by atoms with Crippen molar-refractivity contribution in [1.29, 1.82) is 0 Å². The highest BCUT2D eigenvalue weighted by Crippen LogP contribution is 2.21. The third-order valence-corrected chi connectivity index (χ3v) is 4.71. The van der Waals surface area contributed by atoms with Crippen LogP contribution in [0.25, 0.3) is 10.9 Å². The number of carboxylic acid groups (broad SMARTS) is 1. The molecule has 1 heterocycles. The van der Waals surface area contributed by atoms with Gasteiger partial charge in [0.1, 0.15) is 12.1 Å². The molecule has 0 aliphatic carbocycles. The first-order valence-electron chi connectivity index (χ1n) is 9.15. The van der Waals surface area contributed by atoms with Crippen molar-refractivity contribution in [3.05, 3.63) is 36.0 Å². The molecule has 142 valence electrons. The number of benzene rings is 1. The van der Waals surface area contributed by atoms with E-state index < -0.39 is 24.1 Å². The van der Waals surface area contributed by atoms with Crippen molar-refractivity contribution in [1.82, 2.24) is 4.98 Å². The van der Waals surface area contributed by atoms with Crippen molar-refractivity contribution >= 4 is 22.8 Å². The van der Waals surface area contributed by atoms with E-state index in [-0.39, 0.29) is 12.3 Å². The number of rotatable bonds is 10. The summed E-state index contributed by atoms with van der Waals surface area (Å²) in [5.74, 6) is -1.54. The molecule has 1 aromatic carbocycles. The molecule has 26 heavy (non-hydrogen) atoms. The molecular formula is C20H28N2O4. The molecule has 0 saturated heterocycles. The van der Waals surface area contributed by atoms with Crippen LogP contribution in [-0.4, -0.2) is 34.2 Å². The van der Waals surface area contributed by atoms with Crippen molar-refractivity contribution in [2.24, 2.45) is 11.7 Å². The van der Waals surface area contributed by atoms with Gasteiger partial charge in [-0.05, 0) is 24.0 Å². The topological polar surface area (TPSA) is 105 Å². The third-order valence-electron chi connectivity index (χ3n) is 4.71. The Balaban J connectivity index is 2.01. The predicted octanol–water partition coefficient (Wildman–Crippen LogP) is 3.25. The zero-order chi connectivity index (χ0) is 19.1. The molecule has 6 nitrogen and oxygen atoms in total. The second-order valence-electron chi connectivity index (χ2n) is 6.86. The molecule has 0 aliphatic heterocycles. The Morgan fingerprint density at radius 3 is 2.73 bits per heavy atom. The van der Waals surface area contributed by atoms with E-state index in [4.69, 9.17) is 15.6 Å². The van der Waals surface area contributed by atoms with Gasteiger partial charge in [0, 0.05) is 23.5 Å². The number of fused-ring (bicyclic) bond motifs is 1. The fourth-order valence-corrected chi connectivity index (χ4v) is 3.10. The fourth-order valence-electron chi connectivity index (χ4n) is 3.10. The minimum Gasteiger partial charge on any atom is -0.481 e. The second-order valence-corrected chi connectivity index (χ2v) is 6.86. The normalized spacial score (nSPS) is 14.7. The molecular weight excluding hydrogens is 332 g/mol. The van der Waals surface area contributed by atoms with Gasteiger partial charge in [0.25, 0.3) is 0 Å². The highest BCUT2D eigenvalue weighted by molar-refractivity contribution is 5.84. The van der Waals surface area contributed by atoms with Crippen LogP contribution in [0.4, 0.5) is 0 Å². The van der Waals surface area contributed by atoms with E-state index >= 15 is 0 Å². The van der Waals surface area contributed by atoms with Crippen molar-refractivity contribution < 1.29 is 19.4 Å². The average molecular weight is 360 g/mol. The zero-order valence-corrected chi connectivity index (χ0v) is 15.4. The predicted molar refractivity (Wildman–Crippen MR) is 101 cm³/mol. The number of aromatic nitrogens is 1. The smallest absolute Gasteiger partial charge is 0.323 e. The van der Waals surface area contributed by atoms with E-state index in [2.05, 4.69) is 11.9 Å². The second kappa shape index (κ2) is 9.38. The summed E-state index contributed by atoms with van der Waals surface area (Å²) >= 11 is 0. The minimum atomic E-state index is -0.976. The lowest BCUT2D eigenvalue weighted by atomic mass is 9.95. The number of para-hydroxylation sites is 1. The van der Waals surface area contributed by atoms with Crippen LogP contribution in [0.5, 0.6) is 0 Å². The van der Waals surface area contributed by atoms with E-state index in [9.17, 15) is 9.59 Å². The number of hydrogen-bond donors (Lipinski definition) is 3. The first-order chi connectivity index (χ1) is 12.4. The van der Waals surface area contributed by atoms with Gasteiger partial charge < -0.3 is 20.6 Å². The number of carbonyl (C=O) groups is 2. The lowest BCUT2D eigenvalue weighted by Crippen LogP contribution is -2.39. The van der Waals surface area contributed by atoms with Crippen LogP contribution < -0.4 is 5.73 Å². The van der Waals surface area contributed by atoms with Gasteiger partial charge >= 0.3 is 11.9 Å². The summed E-state index contributed by atoms with van der Waals surface area (Å²) in [7, 11) is 0. The lowest BCUT2D eigenvalue weighted by molar-refractivity contribution is -0.157. The Kier molecular flexibility index (Phi) is 7.21. The van der Waals surface area contributed by atoms with E-state index in [1.807, 2.05) is 37.4 Å². The number of nitrogens with two attached hydrogens (primary N) is 1. The molecule has 2 rings (SSSR count). The molecule has 0 amide bonds. The van der Waals surface area contributed by atoms with Crippen LogP contribution in [0.15, 0.2) is 30.5 Å². The Bertz CT molecular complexity index is 740. The molecule has 0 fully saturated rings. The summed E-state index contributed by atoms with van der Waals surface area (Å²) < 4.78 is 5.49. The molecule has 3 atom stereocenters. The lowest BCUT2D eigenvalue weighted by Gasteiger charge is -2.24. The van der Waals surface area contributed by atoms with Crippen LogP contribution >= 0.6 is 0 Å². The first-order valence-corrected chi connectivity index (χ1v) is 9.15. The summed E-state index contributed by atoms with van der Waals surface area (Å²) in [5.41, 5.74) is 7.97. The minimum absolute atomic E-state index is 0.0183. The van der Waals surface area contributed by atoms with E-state index in [0.717, 1.165) is 35.7 Å². The quantitative estimate of drug-likeness (QED) is 0.564. The van der Waals surface area contributed by atoms with Crippen molar-refractivity contribution in [2.75, 3.05) is 0 Å². The molecule has 1 aromatic heterocycles. The molecule has 0 radical (unpaired) electrons. The molecule has 4 N–H and O–H groups in total. The van der Waals surface area contributed by atoms with Gasteiger partial charge in [0.15, 0.2) is 0 Å². The van der Waals surface area contributed by atoms with Crippen LogP contribution in [0, 0.1) is 5.92 Å². The summed E-state index contributed by atoms with van der Waals surface area (Å²) in [6, 6.07) is 6.97. The van der Waals surface area contributed by atoms with Crippen LogP contribution in [0.1, 0.15) is 45.1 Å².